The number of carboxylic acids is 1. The van der Waals surface area contributed by atoms with E-state index in [1.165, 1.54) is 12.3 Å². The Morgan fingerprint density at radius 2 is 2.05 bits per heavy atom. The van der Waals surface area contributed by atoms with Gasteiger partial charge in [-0.05, 0) is 30.3 Å². The van der Waals surface area contributed by atoms with Gasteiger partial charge in [-0.3, -0.25) is 0 Å². The molecule has 0 aliphatic rings. The van der Waals surface area contributed by atoms with Crippen LogP contribution in [0, 0.1) is 0 Å². The molecule has 0 radical (unpaired) electrons. The van der Waals surface area contributed by atoms with Crippen LogP contribution >= 0.6 is 15.9 Å². The number of carboxylic acid groups (broad SMARTS) is 1. The largest absolute Gasteiger partial charge is 0.545 e. The fraction of sp³-hybridized carbons (Fsp3) is 0.200. The Bertz CT molecular complexity index is 615. The highest BCUT2D eigenvalue weighted by atomic mass is 79.9. The molecule has 0 fully saturated rings. The number of aromatic carboxylic acids is 1. The fourth-order valence-electron chi connectivity index (χ4n) is 1.78. The molecule has 1 aromatic carbocycles. The van der Waals surface area contributed by atoms with Crippen LogP contribution in [0.2, 0.25) is 0 Å². The van der Waals surface area contributed by atoms with Gasteiger partial charge < -0.3 is 19.7 Å². The minimum absolute atomic E-state index is 0.0681. The number of halogens is 1. The number of hydrogen-bond acceptors (Lipinski definition) is 4. The number of aliphatic hydroxyl groups is 1. The first-order chi connectivity index (χ1) is 10.0. The van der Waals surface area contributed by atoms with E-state index >= 15 is 0 Å². The van der Waals surface area contributed by atoms with Crippen LogP contribution < -0.4 is 14.4 Å². The molecule has 2 rings (SSSR count). The summed E-state index contributed by atoms with van der Waals surface area (Å²) in [5, 5.41) is 20.7. The van der Waals surface area contributed by atoms with Crippen LogP contribution in [0.4, 0.5) is 0 Å². The highest BCUT2D eigenvalue weighted by Crippen LogP contribution is 2.16. The first-order valence-corrected chi connectivity index (χ1v) is 7.11. The van der Waals surface area contributed by atoms with Crippen LogP contribution in [-0.4, -0.2) is 23.8 Å². The predicted molar refractivity (Wildman–Crippen MR) is 76.6 cm³/mol. The van der Waals surface area contributed by atoms with Crippen molar-refractivity contribution in [1.82, 2.24) is 0 Å². The van der Waals surface area contributed by atoms with Crippen LogP contribution in [0.3, 0.4) is 0 Å². The lowest BCUT2D eigenvalue weighted by atomic mass is 10.3. The van der Waals surface area contributed by atoms with E-state index in [1.54, 1.807) is 29.0 Å². The molecule has 0 bridgehead atoms. The number of nitrogens with zero attached hydrogens (tertiary/aromatic N) is 1. The van der Waals surface area contributed by atoms with Gasteiger partial charge in [-0.2, -0.15) is 0 Å². The highest BCUT2D eigenvalue weighted by molar-refractivity contribution is 9.10. The minimum atomic E-state index is -1.25. The second-order valence-electron chi connectivity index (χ2n) is 4.50. The molecule has 2 aromatic rings. The van der Waals surface area contributed by atoms with Crippen molar-refractivity contribution >= 4 is 21.9 Å². The maximum atomic E-state index is 10.8. The summed E-state index contributed by atoms with van der Waals surface area (Å²) in [5.41, 5.74) is 0.0681. The van der Waals surface area contributed by atoms with E-state index in [1.807, 2.05) is 12.1 Å². The average Bonchev–Trinajstić information content (AvgIpc) is 2.47. The number of benzene rings is 1. The minimum Gasteiger partial charge on any atom is -0.545 e. The van der Waals surface area contributed by atoms with Gasteiger partial charge in [0.15, 0.2) is 18.9 Å². The van der Waals surface area contributed by atoms with Gasteiger partial charge in [-0.1, -0.05) is 15.9 Å². The molecule has 21 heavy (non-hydrogen) atoms. The number of rotatable bonds is 6. The molecule has 5 nitrogen and oxygen atoms in total. The third-order valence-corrected chi connectivity index (χ3v) is 3.30. The van der Waals surface area contributed by atoms with Crippen LogP contribution in [0.25, 0.3) is 0 Å². The number of aromatic nitrogens is 1. The molecule has 0 amide bonds. The van der Waals surface area contributed by atoms with E-state index in [2.05, 4.69) is 15.9 Å². The molecule has 6 heteroatoms. The normalized spacial score (nSPS) is 11.9. The molecule has 110 valence electrons. The standard InChI is InChI=1S/C15H14BrNO4/c16-12-3-5-14(6-4-12)21-10-13(18)9-17-7-1-2-11(8-17)15(19)20/h1-8,13,18H,9-10H2. The molecule has 1 heterocycles. The zero-order valence-corrected chi connectivity index (χ0v) is 12.7. The smallest absolute Gasteiger partial charge is 0.177 e. The number of ether oxygens (including phenoxy) is 1. The zero-order chi connectivity index (χ0) is 15.2. The quantitative estimate of drug-likeness (QED) is 0.771. The van der Waals surface area contributed by atoms with Gasteiger partial charge in [-0.25, -0.2) is 4.57 Å². The molecule has 1 N–H and O–H groups in total. The summed E-state index contributed by atoms with van der Waals surface area (Å²) in [7, 11) is 0. The zero-order valence-electron chi connectivity index (χ0n) is 11.1. The first kappa shape index (κ1) is 15.5. The van der Waals surface area contributed by atoms with E-state index in [0.717, 1.165) is 4.47 Å². The van der Waals surface area contributed by atoms with Gasteiger partial charge in [-0.15, -0.1) is 0 Å². The van der Waals surface area contributed by atoms with Gasteiger partial charge in [0.05, 0.1) is 11.5 Å². The van der Waals surface area contributed by atoms with Gasteiger partial charge in [0.1, 0.15) is 18.5 Å². The lowest BCUT2D eigenvalue weighted by Gasteiger charge is -2.10. The second-order valence-corrected chi connectivity index (χ2v) is 5.41. The van der Waals surface area contributed by atoms with Gasteiger partial charge in [0.25, 0.3) is 0 Å². The second kappa shape index (κ2) is 7.19. The Morgan fingerprint density at radius 1 is 1.33 bits per heavy atom. The third-order valence-electron chi connectivity index (χ3n) is 2.77. The molecule has 0 saturated carbocycles. The summed E-state index contributed by atoms with van der Waals surface area (Å²) in [6, 6.07) is 10.3. The Morgan fingerprint density at radius 3 is 2.71 bits per heavy atom. The molecule has 0 saturated heterocycles. The van der Waals surface area contributed by atoms with Crippen molar-refractivity contribution in [2.75, 3.05) is 6.61 Å². The van der Waals surface area contributed by atoms with E-state index in [-0.39, 0.29) is 18.7 Å². The number of carbonyl (C=O) groups excluding carboxylic acids is 1. The fourth-order valence-corrected chi connectivity index (χ4v) is 2.04. The molecule has 0 spiro atoms. The predicted octanol–water partition coefficient (Wildman–Crippen LogP) is 0.540. The highest BCUT2D eigenvalue weighted by Gasteiger charge is 2.12. The molecular weight excluding hydrogens is 338 g/mol. The monoisotopic (exact) mass is 351 g/mol. The number of aliphatic hydroxyl groups excluding tert-OH is 1. The summed E-state index contributed by atoms with van der Waals surface area (Å²) in [4.78, 5) is 10.8. The summed E-state index contributed by atoms with van der Waals surface area (Å²) in [6.07, 6.45) is 2.34. The third kappa shape index (κ3) is 4.84. The van der Waals surface area contributed by atoms with Gasteiger partial charge >= 0.3 is 0 Å². The first-order valence-electron chi connectivity index (χ1n) is 6.31. The maximum absolute atomic E-state index is 10.8. The average molecular weight is 352 g/mol. The van der Waals surface area contributed by atoms with Crippen LogP contribution in [0.5, 0.6) is 5.75 Å². The molecule has 1 aromatic heterocycles. The SMILES string of the molecule is O=C([O-])c1ccc[n+](CC(O)COc2ccc(Br)cc2)c1. The van der Waals surface area contributed by atoms with Crippen molar-refractivity contribution in [3.63, 3.8) is 0 Å². The molecule has 0 aliphatic heterocycles. The van der Waals surface area contributed by atoms with Crippen LogP contribution in [0.15, 0.2) is 53.3 Å². The summed E-state index contributed by atoms with van der Waals surface area (Å²) in [5.74, 6) is -0.587. The van der Waals surface area contributed by atoms with Crippen molar-refractivity contribution in [3.05, 3.63) is 58.8 Å². The lowest BCUT2D eigenvalue weighted by Crippen LogP contribution is -2.42. The Kier molecular flexibility index (Phi) is 5.30. The van der Waals surface area contributed by atoms with E-state index in [4.69, 9.17) is 4.74 Å². The van der Waals surface area contributed by atoms with Gasteiger partial charge in [0.2, 0.25) is 0 Å². The summed E-state index contributed by atoms with van der Waals surface area (Å²) < 4.78 is 7.99. The van der Waals surface area contributed by atoms with Crippen LogP contribution in [-0.2, 0) is 6.54 Å². The lowest BCUT2D eigenvalue weighted by molar-refractivity contribution is -0.703. The number of carbonyl (C=O) groups is 1. The Balaban J connectivity index is 1.89. The van der Waals surface area contributed by atoms with E-state index in [9.17, 15) is 15.0 Å². The maximum Gasteiger partial charge on any atom is 0.177 e. The van der Waals surface area contributed by atoms with E-state index in [0.29, 0.717) is 5.75 Å². The number of pyridine rings is 1. The molecular formula is C15H14BrNO4. The van der Waals surface area contributed by atoms with Crippen LogP contribution in [0.1, 0.15) is 10.4 Å². The Hall–Kier alpha value is -1.92. The molecule has 0 aliphatic carbocycles. The van der Waals surface area contributed by atoms with Crippen molar-refractivity contribution in [2.45, 2.75) is 12.6 Å². The van der Waals surface area contributed by atoms with Crippen molar-refractivity contribution in [2.24, 2.45) is 0 Å². The number of hydrogen-bond donors (Lipinski definition) is 1. The summed E-state index contributed by atoms with van der Waals surface area (Å²) in [6.45, 7) is 0.349. The summed E-state index contributed by atoms with van der Waals surface area (Å²) >= 11 is 3.33. The Labute approximate surface area is 130 Å². The van der Waals surface area contributed by atoms with Crippen molar-refractivity contribution < 1.29 is 24.3 Å². The molecule has 1 unspecified atom stereocenters. The molecule has 1 atom stereocenters. The van der Waals surface area contributed by atoms with Crippen molar-refractivity contribution in [1.29, 1.82) is 0 Å². The topological polar surface area (TPSA) is 73.5 Å². The van der Waals surface area contributed by atoms with E-state index < -0.39 is 12.1 Å². The van der Waals surface area contributed by atoms with Crippen molar-refractivity contribution in [3.8, 4) is 5.75 Å². The van der Waals surface area contributed by atoms with Gasteiger partial charge in [0, 0.05) is 10.5 Å².